The average molecular weight is 428 g/mol. The van der Waals surface area contributed by atoms with Gasteiger partial charge in [-0.15, -0.1) is 11.3 Å². The number of thiazole rings is 1. The summed E-state index contributed by atoms with van der Waals surface area (Å²) in [5.41, 5.74) is 2.48. The van der Waals surface area contributed by atoms with Crippen LogP contribution >= 0.6 is 11.3 Å². The minimum atomic E-state index is -3.78. The highest BCUT2D eigenvalue weighted by Gasteiger charge is 2.16. The van der Waals surface area contributed by atoms with Gasteiger partial charge in [0.1, 0.15) is 11.4 Å². The Hall–Kier alpha value is -3.21. The van der Waals surface area contributed by atoms with Crippen molar-refractivity contribution in [3.63, 3.8) is 0 Å². The van der Waals surface area contributed by atoms with Gasteiger partial charge in [-0.2, -0.15) is 0 Å². The molecule has 4 aromatic rings. The molecule has 0 saturated heterocycles. The number of primary sulfonamides is 1. The molecule has 0 spiro atoms. The molecule has 29 heavy (non-hydrogen) atoms. The summed E-state index contributed by atoms with van der Waals surface area (Å²) in [5.74, 6) is 0.383. The van der Waals surface area contributed by atoms with Crippen molar-refractivity contribution in [1.82, 2.24) is 9.38 Å². The van der Waals surface area contributed by atoms with E-state index in [-0.39, 0.29) is 10.8 Å². The second-order valence-electron chi connectivity index (χ2n) is 6.16. The zero-order chi connectivity index (χ0) is 20.6. The molecular weight excluding hydrogens is 412 g/mol. The average Bonchev–Trinajstić information content (AvgIpc) is 3.28. The zero-order valence-corrected chi connectivity index (χ0v) is 16.8. The Balaban J connectivity index is 1.60. The van der Waals surface area contributed by atoms with Crippen molar-refractivity contribution >= 4 is 37.9 Å². The molecule has 148 valence electrons. The number of fused-ring (bicyclic) bond motifs is 1. The van der Waals surface area contributed by atoms with Gasteiger partial charge in [0, 0.05) is 22.8 Å². The van der Waals surface area contributed by atoms with Crippen LogP contribution in [0.3, 0.4) is 0 Å². The molecule has 0 aliphatic carbocycles. The molecule has 0 fully saturated rings. The SMILES string of the molecule is COc1cccc(-c2cn3c(C(=O)Nc4ccc(S(N)(=O)=O)cc4)csc3n2)c1. The molecule has 2 aromatic heterocycles. The minimum absolute atomic E-state index is 0.0223. The van der Waals surface area contributed by atoms with Gasteiger partial charge in [-0.05, 0) is 36.4 Å². The number of hydrogen-bond donors (Lipinski definition) is 2. The number of benzene rings is 2. The molecule has 10 heteroatoms. The van der Waals surface area contributed by atoms with Crippen molar-refractivity contribution in [2.45, 2.75) is 4.90 Å². The maximum atomic E-state index is 12.7. The lowest BCUT2D eigenvalue weighted by molar-refractivity contribution is 0.102. The number of anilines is 1. The van der Waals surface area contributed by atoms with Crippen LogP contribution in [-0.4, -0.2) is 30.8 Å². The number of carbonyl (C=O) groups excluding carboxylic acids is 1. The van der Waals surface area contributed by atoms with E-state index in [0.717, 1.165) is 17.0 Å². The Labute approximate surface area is 170 Å². The van der Waals surface area contributed by atoms with Crippen molar-refractivity contribution in [2.75, 3.05) is 12.4 Å². The van der Waals surface area contributed by atoms with E-state index < -0.39 is 10.0 Å². The lowest BCUT2D eigenvalue weighted by atomic mass is 10.1. The van der Waals surface area contributed by atoms with Crippen LogP contribution in [0.4, 0.5) is 5.69 Å². The molecule has 3 N–H and O–H groups in total. The molecule has 0 unspecified atom stereocenters. The van der Waals surface area contributed by atoms with Crippen LogP contribution in [-0.2, 0) is 10.0 Å². The lowest BCUT2D eigenvalue weighted by Gasteiger charge is -2.05. The van der Waals surface area contributed by atoms with E-state index in [0.29, 0.717) is 16.3 Å². The number of methoxy groups -OCH3 is 1. The van der Waals surface area contributed by atoms with Gasteiger partial charge in [0.15, 0.2) is 4.96 Å². The van der Waals surface area contributed by atoms with Gasteiger partial charge >= 0.3 is 0 Å². The first-order valence-corrected chi connectivity index (χ1v) is 10.8. The van der Waals surface area contributed by atoms with Gasteiger partial charge in [0.2, 0.25) is 10.0 Å². The number of nitrogens with two attached hydrogens (primary N) is 1. The second-order valence-corrected chi connectivity index (χ2v) is 8.55. The molecule has 0 bridgehead atoms. The number of carbonyl (C=O) groups is 1. The Morgan fingerprint density at radius 1 is 1.21 bits per heavy atom. The molecule has 0 radical (unpaired) electrons. The highest BCUT2D eigenvalue weighted by molar-refractivity contribution is 7.89. The standard InChI is InChI=1S/C19H16N4O4S2/c1-27-14-4-2-3-12(9-14)16-10-23-17(11-28-19(23)22-16)18(24)21-13-5-7-15(8-6-13)29(20,25)26/h2-11H,1H3,(H,21,24)(H2,20,25,26). The highest BCUT2D eigenvalue weighted by atomic mass is 32.2. The summed E-state index contributed by atoms with van der Waals surface area (Å²) in [6, 6.07) is 13.2. The molecule has 8 nitrogen and oxygen atoms in total. The molecule has 0 saturated carbocycles. The van der Waals surface area contributed by atoms with Gasteiger partial charge in [0.25, 0.3) is 5.91 Å². The number of nitrogens with zero attached hydrogens (tertiary/aromatic N) is 2. The lowest BCUT2D eigenvalue weighted by Crippen LogP contribution is -2.15. The number of sulfonamides is 1. The van der Waals surface area contributed by atoms with Crippen LogP contribution in [0.1, 0.15) is 10.5 Å². The first-order valence-electron chi connectivity index (χ1n) is 8.40. The monoisotopic (exact) mass is 428 g/mol. The van der Waals surface area contributed by atoms with Crippen molar-refractivity contribution < 1.29 is 17.9 Å². The summed E-state index contributed by atoms with van der Waals surface area (Å²) in [5, 5.41) is 9.54. The predicted octanol–water partition coefficient (Wildman–Crippen LogP) is 2.97. The smallest absolute Gasteiger partial charge is 0.273 e. The Morgan fingerprint density at radius 3 is 2.66 bits per heavy atom. The Bertz CT molecular complexity index is 1310. The van der Waals surface area contributed by atoms with E-state index in [1.165, 1.54) is 35.6 Å². The number of rotatable bonds is 5. The third-order valence-electron chi connectivity index (χ3n) is 4.25. The fourth-order valence-electron chi connectivity index (χ4n) is 2.79. The number of aromatic nitrogens is 2. The van der Waals surface area contributed by atoms with Crippen LogP contribution in [0, 0.1) is 0 Å². The van der Waals surface area contributed by atoms with Crippen molar-refractivity contribution in [3.05, 3.63) is 65.8 Å². The molecule has 4 rings (SSSR count). The van der Waals surface area contributed by atoms with Gasteiger partial charge in [0.05, 0.1) is 17.7 Å². The molecule has 2 aromatic carbocycles. The van der Waals surface area contributed by atoms with Gasteiger partial charge in [-0.1, -0.05) is 12.1 Å². The van der Waals surface area contributed by atoms with Gasteiger partial charge < -0.3 is 10.1 Å². The Morgan fingerprint density at radius 2 is 1.97 bits per heavy atom. The summed E-state index contributed by atoms with van der Waals surface area (Å²) in [6.45, 7) is 0. The van der Waals surface area contributed by atoms with Crippen molar-refractivity contribution in [3.8, 4) is 17.0 Å². The van der Waals surface area contributed by atoms with E-state index in [2.05, 4.69) is 10.3 Å². The van der Waals surface area contributed by atoms with Gasteiger partial charge in [-0.3, -0.25) is 9.20 Å². The third-order valence-corrected chi connectivity index (χ3v) is 6.02. The van der Waals surface area contributed by atoms with Crippen LogP contribution in [0.5, 0.6) is 5.75 Å². The maximum absolute atomic E-state index is 12.7. The first kappa shape index (κ1) is 19.1. The number of amides is 1. The van der Waals surface area contributed by atoms with Crippen LogP contribution in [0.25, 0.3) is 16.2 Å². The van der Waals surface area contributed by atoms with E-state index in [1.54, 1.807) is 23.1 Å². The fraction of sp³-hybridized carbons (Fsp3) is 0.0526. The van der Waals surface area contributed by atoms with Crippen molar-refractivity contribution in [2.24, 2.45) is 5.14 Å². The maximum Gasteiger partial charge on any atom is 0.273 e. The highest BCUT2D eigenvalue weighted by Crippen LogP contribution is 2.26. The van der Waals surface area contributed by atoms with E-state index in [4.69, 9.17) is 9.88 Å². The molecule has 0 aliphatic rings. The largest absolute Gasteiger partial charge is 0.497 e. The summed E-state index contributed by atoms with van der Waals surface area (Å²) in [6.07, 6.45) is 1.79. The number of imidazole rings is 1. The van der Waals surface area contributed by atoms with Gasteiger partial charge in [-0.25, -0.2) is 18.5 Å². The molecule has 1 amide bonds. The van der Waals surface area contributed by atoms with Crippen LogP contribution < -0.4 is 15.2 Å². The zero-order valence-electron chi connectivity index (χ0n) is 15.2. The minimum Gasteiger partial charge on any atom is -0.497 e. The molecule has 2 heterocycles. The number of hydrogen-bond acceptors (Lipinski definition) is 6. The van der Waals surface area contributed by atoms with E-state index >= 15 is 0 Å². The summed E-state index contributed by atoms with van der Waals surface area (Å²) in [4.78, 5) is 17.9. The van der Waals surface area contributed by atoms with Crippen LogP contribution in [0.2, 0.25) is 0 Å². The summed E-state index contributed by atoms with van der Waals surface area (Å²) in [7, 11) is -2.18. The van der Waals surface area contributed by atoms with Crippen molar-refractivity contribution in [1.29, 1.82) is 0 Å². The molecular formula is C19H16N4O4S2. The van der Waals surface area contributed by atoms with Crippen LogP contribution in [0.15, 0.2) is 65.0 Å². The quantitative estimate of drug-likeness (QED) is 0.507. The number of ether oxygens (including phenoxy) is 1. The first-order chi connectivity index (χ1) is 13.8. The second kappa shape index (κ2) is 7.32. The Kier molecular flexibility index (Phi) is 4.82. The summed E-state index contributed by atoms with van der Waals surface area (Å²) >= 11 is 1.35. The topological polar surface area (TPSA) is 116 Å². The molecule has 0 aliphatic heterocycles. The number of nitrogens with one attached hydrogen (secondary N) is 1. The predicted molar refractivity (Wildman–Crippen MR) is 111 cm³/mol. The van der Waals surface area contributed by atoms with E-state index in [9.17, 15) is 13.2 Å². The third kappa shape index (κ3) is 3.86. The fourth-order valence-corrected chi connectivity index (χ4v) is 4.16. The summed E-state index contributed by atoms with van der Waals surface area (Å²) < 4.78 is 29.6. The molecule has 0 atom stereocenters. The normalized spacial score (nSPS) is 11.5. The van der Waals surface area contributed by atoms with E-state index in [1.807, 2.05) is 24.3 Å².